The molecular formula is C11H16BrN3O. The molecule has 88 valence electrons. The quantitative estimate of drug-likeness (QED) is 0.926. The molecule has 1 N–H and O–H groups in total. The molecule has 0 saturated carbocycles. The van der Waals surface area contributed by atoms with Crippen LogP contribution in [0.2, 0.25) is 0 Å². The fourth-order valence-corrected chi connectivity index (χ4v) is 2.26. The van der Waals surface area contributed by atoms with E-state index in [9.17, 15) is 0 Å². The highest BCUT2D eigenvalue weighted by Gasteiger charge is 2.18. The summed E-state index contributed by atoms with van der Waals surface area (Å²) in [5, 5.41) is 3.06. The predicted octanol–water partition coefficient (Wildman–Crippen LogP) is 2.31. The van der Waals surface area contributed by atoms with E-state index in [1.165, 1.54) is 0 Å². The van der Waals surface area contributed by atoms with Crippen LogP contribution in [0.4, 0.5) is 5.82 Å². The summed E-state index contributed by atoms with van der Waals surface area (Å²) in [5.74, 6) is 1.71. The van der Waals surface area contributed by atoms with Crippen LogP contribution in [-0.4, -0.2) is 29.7 Å². The first-order valence-corrected chi connectivity index (χ1v) is 6.32. The fraction of sp³-hybridized carbons (Fsp3) is 0.636. The minimum Gasteiger partial charge on any atom is -0.378 e. The Morgan fingerprint density at radius 1 is 1.50 bits per heavy atom. The van der Waals surface area contributed by atoms with Gasteiger partial charge in [0, 0.05) is 20.1 Å². The van der Waals surface area contributed by atoms with Gasteiger partial charge in [0.15, 0.2) is 0 Å². The first-order chi connectivity index (χ1) is 7.70. The van der Waals surface area contributed by atoms with Crippen molar-refractivity contribution < 1.29 is 4.74 Å². The van der Waals surface area contributed by atoms with Crippen molar-refractivity contribution in [2.24, 2.45) is 0 Å². The molecule has 0 aliphatic carbocycles. The molecule has 0 amide bonds. The molecule has 1 fully saturated rings. The van der Waals surface area contributed by atoms with Gasteiger partial charge in [-0.05, 0) is 35.7 Å². The summed E-state index contributed by atoms with van der Waals surface area (Å²) < 4.78 is 6.52. The summed E-state index contributed by atoms with van der Waals surface area (Å²) in [6.45, 7) is 2.85. The van der Waals surface area contributed by atoms with Crippen molar-refractivity contribution in [3.8, 4) is 0 Å². The third kappa shape index (κ3) is 2.52. The lowest BCUT2D eigenvalue weighted by Crippen LogP contribution is -2.13. The number of nitrogens with zero attached hydrogens (tertiary/aromatic N) is 2. The Hall–Kier alpha value is -0.680. The summed E-state index contributed by atoms with van der Waals surface area (Å²) in [5.41, 5.74) is 0.965. The lowest BCUT2D eigenvalue weighted by Gasteiger charge is -2.11. The van der Waals surface area contributed by atoms with Crippen LogP contribution in [0.15, 0.2) is 4.47 Å². The maximum atomic E-state index is 5.59. The standard InChI is InChI=1S/C11H16BrN3O/c1-7-10(12)11(13-2)15-9(14-7)6-8-4-3-5-16-8/h8H,3-6H2,1-2H3,(H,13,14,15). The summed E-state index contributed by atoms with van der Waals surface area (Å²) in [6, 6.07) is 0. The van der Waals surface area contributed by atoms with E-state index in [0.717, 1.165) is 47.7 Å². The van der Waals surface area contributed by atoms with E-state index in [4.69, 9.17) is 4.74 Å². The Bertz CT molecular complexity index is 378. The van der Waals surface area contributed by atoms with E-state index in [1.807, 2.05) is 14.0 Å². The van der Waals surface area contributed by atoms with Gasteiger partial charge in [-0.25, -0.2) is 9.97 Å². The molecule has 1 aromatic heterocycles. The number of aryl methyl sites for hydroxylation is 1. The van der Waals surface area contributed by atoms with Crippen LogP contribution in [0.1, 0.15) is 24.4 Å². The molecular weight excluding hydrogens is 270 g/mol. The van der Waals surface area contributed by atoms with Gasteiger partial charge in [0.05, 0.1) is 16.3 Å². The average molecular weight is 286 g/mol. The zero-order valence-corrected chi connectivity index (χ0v) is 11.2. The van der Waals surface area contributed by atoms with Gasteiger partial charge in [0.2, 0.25) is 0 Å². The van der Waals surface area contributed by atoms with Crippen molar-refractivity contribution >= 4 is 21.7 Å². The second-order valence-electron chi connectivity index (χ2n) is 3.98. The van der Waals surface area contributed by atoms with E-state index in [2.05, 4.69) is 31.2 Å². The van der Waals surface area contributed by atoms with Gasteiger partial charge in [-0.3, -0.25) is 0 Å². The van der Waals surface area contributed by atoms with E-state index >= 15 is 0 Å². The molecule has 0 aromatic carbocycles. The molecule has 1 aromatic rings. The molecule has 1 atom stereocenters. The van der Waals surface area contributed by atoms with E-state index in [0.29, 0.717) is 6.10 Å². The predicted molar refractivity (Wildman–Crippen MR) is 66.7 cm³/mol. The molecule has 1 saturated heterocycles. The lowest BCUT2D eigenvalue weighted by atomic mass is 10.2. The van der Waals surface area contributed by atoms with Gasteiger partial charge in [-0.15, -0.1) is 0 Å². The molecule has 1 unspecified atom stereocenters. The smallest absolute Gasteiger partial charge is 0.144 e. The van der Waals surface area contributed by atoms with Gasteiger partial charge < -0.3 is 10.1 Å². The minimum absolute atomic E-state index is 0.297. The van der Waals surface area contributed by atoms with Crippen molar-refractivity contribution in [2.75, 3.05) is 19.0 Å². The number of aromatic nitrogens is 2. The molecule has 5 heteroatoms. The Balaban J connectivity index is 2.17. The largest absolute Gasteiger partial charge is 0.378 e. The Kier molecular flexibility index (Phi) is 3.76. The van der Waals surface area contributed by atoms with Crippen molar-refractivity contribution in [2.45, 2.75) is 32.3 Å². The summed E-state index contributed by atoms with van der Waals surface area (Å²) in [6.07, 6.45) is 3.38. The molecule has 0 bridgehead atoms. The number of rotatable bonds is 3. The van der Waals surface area contributed by atoms with Crippen LogP contribution in [0.5, 0.6) is 0 Å². The van der Waals surface area contributed by atoms with Gasteiger partial charge in [-0.2, -0.15) is 0 Å². The third-order valence-electron chi connectivity index (χ3n) is 2.73. The van der Waals surface area contributed by atoms with Crippen LogP contribution >= 0.6 is 15.9 Å². The summed E-state index contributed by atoms with van der Waals surface area (Å²) in [7, 11) is 1.86. The van der Waals surface area contributed by atoms with Crippen molar-refractivity contribution in [1.82, 2.24) is 9.97 Å². The second kappa shape index (κ2) is 5.10. The van der Waals surface area contributed by atoms with Gasteiger partial charge in [0.25, 0.3) is 0 Å². The number of ether oxygens (including phenoxy) is 1. The SMILES string of the molecule is CNc1nc(CC2CCCO2)nc(C)c1Br. The van der Waals surface area contributed by atoms with Crippen LogP contribution < -0.4 is 5.32 Å². The van der Waals surface area contributed by atoms with Crippen LogP contribution in [0.25, 0.3) is 0 Å². The Morgan fingerprint density at radius 3 is 2.94 bits per heavy atom. The lowest BCUT2D eigenvalue weighted by molar-refractivity contribution is 0.110. The molecule has 0 radical (unpaired) electrons. The third-order valence-corrected chi connectivity index (χ3v) is 3.68. The van der Waals surface area contributed by atoms with E-state index in [1.54, 1.807) is 0 Å². The maximum Gasteiger partial charge on any atom is 0.144 e. The summed E-state index contributed by atoms with van der Waals surface area (Å²) >= 11 is 3.47. The van der Waals surface area contributed by atoms with Crippen molar-refractivity contribution in [3.05, 3.63) is 16.0 Å². The summed E-state index contributed by atoms with van der Waals surface area (Å²) in [4.78, 5) is 8.93. The highest BCUT2D eigenvalue weighted by molar-refractivity contribution is 9.10. The van der Waals surface area contributed by atoms with Gasteiger partial charge in [0.1, 0.15) is 11.6 Å². The number of hydrogen-bond acceptors (Lipinski definition) is 4. The van der Waals surface area contributed by atoms with Gasteiger partial charge >= 0.3 is 0 Å². The molecule has 1 aliphatic heterocycles. The zero-order valence-electron chi connectivity index (χ0n) is 9.59. The maximum absolute atomic E-state index is 5.59. The first kappa shape index (κ1) is 11.8. The molecule has 2 rings (SSSR count). The fourth-order valence-electron chi connectivity index (χ4n) is 1.88. The van der Waals surface area contributed by atoms with Crippen molar-refractivity contribution in [1.29, 1.82) is 0 Å². The molecule has 16 heavy (non-hydrogen) atoms. The molecule has 2 heterocycles. The number of nitrogens with one attached hydrogen (secondary N) is 1. The normalized spacial score (nSPS) is 20.1. The van der Waals surface area contributed by atoms with Crippen LogP contribution in [0, 0.1) is 6.92 Å². The highest BCUT2D eigenvalue weighted by Crippen LogP contribution is 2.24. The van der Waals surface area contributed by atoms with Crippen LogP contribution in [-0.2, 0) is 11.2 Å². The molecule has 4 nitrogen and oxygen atoms in total. The Labute approximate surface area is 104 Å². The van der Waals surface area contributed by atoms with Crippen molar-refractivity contribution in [3.63, 3.8) is 0 Å². The second-order valence-corrected chi connectivity index (χ2v) is 4.77. The number of halogens is 1. The topological polar surface area (TPSA) is 47.0 Å². The number of hydrogen-bond donors (Lipinski definition) is 1. The monoisotopic (exact) mass is 285 g/mol. The minimum atomic E-state index is 0.297. The highest BCUT2D eigenvalue weighted by atomic mass is 79.9. The molecule has 1 aliphatic rings. The number of anilines is 1. The van der Waals surface area contributed by atoms with E-state index < -0.39 is 0 Å². The molecule has 0 spiro atoms. The van der Waals surface area contributed by atoms with E-state index in [-0.39, 0.29) is 0 Å². The Morgan fingerprint density at radius 2 is 2.31 bits per heavy atom. The zero-order chi connectivity index (χ0) is 11.5. The van der Waals surface area contributed by atoms with Gasteiger partial charge in [-0.1, -0.05) is 0 Å². The average Bonchev–Trinajstić information content (AvgIpc) is 2.76. The first-order valence-electron chi connectivity index (χ1n) is 5.53. The van der Waals surface area contributed by atoms with Crippen LogP contribution in [0.3, 0.4) is 0 Å².